The Labute approximate surface area is 398 Å². The van der Waals surface area contributed by atoms with E-state index in [2.05, 4.69) is 154 Å². The Hall–Kier alpha value is -4.45. The maximum atomic E-state index is 12.8. The van der Waals surface area contributed by atoms with Crippen LogP contribution in [0.25, 0.3) is 0 Å². The van der Waals surface area contributed by atoms with Crippen LogP contribution >= 0.6 is 0 Å². The van der Waals surface area contributed by atoms with Crippen molar-refractivity contribution in [1.29, 1.82) is 0 Å². The lowest BCUT2D eigenvalue weighted by atomic mass is 10.1. The molecule has 0 saturated heterocycles. The van der Waals surface area contributed by atoms with Crippen molar-refractivity contribution in [1.82, 2.24) is 0 Å². The van der Waals surface area contributed by atoms with Crippen molar-refractivity contribution in [3.63, 3.8) is 0 Å². The van der Waals surface area contributed by atoms with E-state index in [0.717, 1.165) is 122 Å². The standard InChI is InChI=1S/C59H92O6/c1-4-7-10-13-16-19-22-25-28-29-32-34-37-40-43-46-49-52-58(61)64-55-56(65-59(62)53-50-47-44-41-38-35-31-27-24-21-18-15-12-9-6-3)54-63-57(60)51-48-45-42-39-36-33-30-26-23-20-17-14-11-8-5-2/h7,9-10,12,16-21,25-28,30-32,34,38,40-41,43,56H,4-6,8,11,13-15,22-24,29,33,35-37,39,42,44-55H2,1-3H3/b10-7-,12-9-,19-16-,20-17-,21-18-,28-25-,30-26-,31-27-,34-32-,41-38-,43-40-. The number of esters is 3. The molecule has 0 fully saturated rings. The average molecular weight is 897 g/mol. The summed E-state index contributed by atoms with van der Waals surface area (Å²) in [5.74, 6) is -1.05. The summed E-state index contributed by atoms with van der Waals surface area (Å²) >= 11 is 0. The van der Waals surface area contributed by atoms with E-state index in [9.17, 15) is 14.4 Å². The van der Waals surface area contributed by atoms with Crippen molar-refractivity contribution in [3.05, 3.63) is 134 Å². The normalized spacial score (nSPS) is 13.2. The summed E-state index contributed by atoms with van der Waals surface area (Å²) in [7, 11) is 0. The topological polar surface area (TPSA) is 78.9 Å². The molecule has 65 heavy (non-hydrogen) atoms. The lowest BCUT2D eigenvalue weighted by Gasteiger charge is -2.18. The van der Waals surface area contributed by atoms with Crippen LogP contribution in [-0.4, -0.2) is 37.2 Å². The first-order valence-electron chi connectivity index (χ1n) is 25.7. The molecule has 0 radical (unpaired) electrons. The van der Waals surface area contributed by atoms with E-state index in [-0.39, 0.29) is 44.0 Å². The van der Waals surface area contributed by atoms with Gasteiger partial charge in [-0.15, -0.1) is 0 Å². The molecule has 0 rings (SSSR count). The average Bonchev–Trinajstić information content (AvgIpc) is 3.30. The second kappa shape index (κ2) is 52.2. The SMILES string of the molecule is CC/C=C\C/C=C\C/C=C\C/C=C\C/C=C\CCCC(=O)OCC(COC(=O)CCCCCCC/C=C\C/C=C\CCCCC)OC(=O)CCCC/C=C\C/C=C\C/C=C\C/C=C\CC. The molecular weight excluding hydrogens is 805 g/mol. The van der Waals surface area contributed by atoms with Gasteiger partial charge in [0.2, 0.25) is 0 Å². The van der Waals surface area contributed by atoms with Gasteiger partial charge in [0.05, 0.1) is 0 Å². The van der Waals surface area contributed by atoms with Crippen LogP contribution in [0.2, 0.25) is 0 Å². The quantitative estimate of drug-likeness (QED) is 0.0262. The van der Waals surface area contributed by atoms with Crippen molar-refractivity contribution < 1.29 is 28.6 Å². The van der Waals surface area contributed by atoms with E-state index < -0.39 is 6.10 Å². The molecule has 1 atom stereocenters. The number of hydrogen-bond donors (Lipinski definition) is 0. The summed E-state index contributed by atoms with van der Waals surface area (Å²) in [6.45, 7) is 6.26. The van der Waals surface area contributed by atoms with Gasteiger partial charge in [0.25, 0.3) is 0 Å². The number of unbranched alkanes of at least 4 members (excludes halogenated alkanes) is 11. The first-order valence-corrected chi connectivity index (χ1v) is 25.7. The van der Waals surface area contributed by atoms with E-state index in [1.54, 1.807) is 0 Å². The molecular formula is C59H92O6. The zero-order chi connectivity index (χ0) is 47.2. The Kier molecular flexibility index (Phi) is 48.6. The highest BCUT2D eigenvalue weighted by atomic mass is 16.6. The molecule has 364 valence electrons. The number of allylic oxidation sites excluding steroid dienone is 22. The van der Waals surface area contributed by atoms with Gasteiger partial charge in [-0.1, -0.05) is 187 Å². The fourth-order valence-corrected chi connectivity index (χ4v) is 6.32. The molecule has 0 spiro atoms. The summed E-state index contributed by atoms with van der Waals surface area (Å²) in [5.41, 5.74) is 0. The molecule has 0 amide bonds. The van der Waals surface area contributed by atoms with Gasteiger partial charge in [-0.3, -0.25) is 14.4 Å². The summed E-state index contributed by atoms with van der Waals surface area (Å²) in [5, 5.41) is 0. The third-order valence-corrected chi connectivity index (χ3v) is 10.1. The van der Waals surface area contributed by atoms with Crippen LogP contribution in [0.1, 0.15) is 201 Å². The monoisotopic (exact) mass is 897 g/mol. The maximum absolute atomic E-state index is 12.8. The van der Waals surface area contributed by atoms with Crippen molar-refractivity contribution in [2.24, 2.45) is 0 Å². The molecule has 0 bridgehead atoms. The zero-order valence-electron chi connectivity index (χ0n) is 41.4. The summed E-state index contributed by atoms with van der Waals surface area (Å²) in [6.07, 6.45) is 73.0. The number of rotatable bonds is 44. The molecule has 6 heteroatoms. The molecule has 1 unspecified atom stereocenters. The minimum absolute atomic E-state index is 0.125. The van der Waals surface area contributed by atoms with E-state index in [1.165, 1.54) is 25.7 Å². The predicted octanol–water partition coefficient (Wildman–Crippen LogP) is 17.1. The highest BCUT2D eigenvalue weighted by Gasteiger charge is 2.19. The molecule has 6 nitrogen and oxygen atoms in total. The molecule has 0 heterocycles. The summed E-state index contributed by atoms with van der Waals surface area (Å²) < 4.78 is 16.7. The second-order valence-electron chi connectivity index (χ2n) is 16.3. The van der Waals surface area contributed by atoms with Crippen LogP contribution in [0.15, 0.2) is 134 Å². The number of carbonyl (C=O) groups excluding carboxylic acids is 3. The fourth-order valence-electron chi connectivity index (χ4n) is 6.32. The molecule has 0 aromatic carbocycles. The minimum atomic E-state index is -0.833. The molecule has 0 aliphatic rings. The van der Waals surface area contributed by atoms with E-state index in [0.29, 0.717) is 19.3 Å². The Bertz CT molecular complexity index is 1450. The second-order valence-corrected chi connectivity index (χ2v) is 16.3. The number of ether oxygens (including phenoxy) is 3. The van der Waals surface area contributed by atoms with Crippen LogP contribution in [-0.2, 0) is 28.6 Å². The smallest absolute Gasteiger partial charge is 0.306 e. The highest BCUT2D eigenvalue weighted by Crippen LogP contribution is 2.11. The zero-order valence-corrected chi connectivity index (χ0v) is 41.4. The predicted molar refractivity (Wildman–Crippen MR) is 279 cm³/mol. The molecule has 0 aromatic rings. The molecule has 0 saturated carbocycles. The molecule has 0 N–H and O–H groups in total. The third-order valence-electron chi connectivity index (χ3n) is 10.1. The lowest BCUT2D eigenvalue weighted by molar-refractivity contribution is -0.167. The summed E-state index contributed by atoms with van der Waals surface area (Å²) in [4.78, 5) is 38.0. The van der Waals surface area contributed by atoms with Crippen molar-refractivity contribution >= 4 is 17.9 Å². The molecule has 0 aromatic heterocycles. The van der Waals surface area contributed by atoms with Gasteiger partial charge in [-0.25, -0.2) is 0 Å². The van der Waals surface area contributed by atoms with Gasteiger partial charge >= 0.3 is 17.9 Å². The third kappa shape index (κ3) is 50.4. The Morgan fingerprint density at radius 2 is 0.615 bits per heavy atom. The summed E-state index contributed by atoms with van der Waals surface area (Å²) in [6, 6.07) is 0. The first kappa shape index (κ1) is 60.5. The van der Waals surface area contributed by atoms with Gasteiger partial charge in [0.15, 0.2) is 6.10 Å². The maximum Gasteiger partial charge on any atom is 0.306 e. The highest BCUT2D eigenvalue weighted by molar-refractivity contribution is 5.71. The van der Waals surface area contributed by atoms with Crippen LogP contribution in [0.4, 0.5) is 0 Å². The van der Waals surface area contributed by atoms with Gasteiger partial charge < -0.3 is 14.2 Å². The minimum Gasteiger partial charge on any atom is -0.462 e. The molecule has 0 aliphatic heterocycles. The van der Waals surface area contributed by atoms with Gasteiger partial charge in [-0.2, -0.15) is 0 Å². The Morgan fingerprint density at radius 3 is 1.03 bits per heavy atom. The van der Waals surface area contributed by atoms with Crippen LogP contribution < -0.4 is 0 Å². The van der Waals surface area contributed by atoms with Crippen LogP contribution in [0, 0.1) is 0 Å². The van der Waals surface area contributed by atoms with Crippen molar-refractivity contribution in [2.75, 3.05) is 13.2 Å². The van der Waals surface area contributed by atoms with Gasteiger partial charge in [-0.05, 0) is 128 Å². The van der Waals surface area contributed by atoms with Crippen molar-refractivity contribution in [2.45, 2.75) is 207 Å². The largest absolute Gasteiger partial charge is 0.462 e. The molecule has 0 aliphatic carbocycles. The van der Waals surface area contributed by atoms with Crippen molar-refractivity contribution in [3.8, 4) is 0 Å². The van der Waals surface area contributed by atoms with E-state index >= 15 is 0 Å². The van der Waals surface area contributed by atoms with Crippen LogP contribution in [0.3, 0.4) is 0 Å². The Balaban J connectivity index is 4.60. The number of hydrogen-bond acceptors (Lipinski definition) is 6. The van der Waals surface area contributed by atoms with E-state index in [1.807, 2.05) is 0 Å². The first-order chi connectivity index (χ1) is 32.0. The van der Waals surface area contributed by atoms with Gasteiger partial charge in [0, 0.05) is 19.3 Å². The van der Waals surface area contributed by atoms with E-state index in [4.69, 9.17) is 14.2 Å². The fraction of sp³-hybridized carbons (Fsp3) is 0.576. The number of carbonyl (C=O) groups is 3. The Morgan fingerprint density at radius 1 is 0.323 bits per heavy atom. The van der Waals surface area contributed by atoms with Gasteiger partial charge in [0.1, 0.15) is 13.2 Å². The van der Waals surface area contributed by atoms with Crippen LogP contribution in [0.5, 0.6) is 0 Å². The lowest BCUT2D eigenvalue weighted by Crippen LogP contribution is -2.30.